The quantitative estimate of drug-likeness (QED) is 0.526. The van der Waals surface area contributed by atoms with Gasteiger partial charge >= 0.3 is 0 Å². The number of aliphatic hydroxyl groups is 1. The predicted octanol–water partition coefficient (Wildman–Crippen LogP) is 4.01. The second-order valence-corrected chi connectivity index (χ2v) is 7.45. The Balaban J connectivity index is 2.67. The van der Waals surface area contributed by atoms with Gasteiger partial charge in [-0.1, -0.05) is 38.3 Å². The van der Waals surface area contributed by atoms with E-state index in [1.807, 2.05) is 26.8 Å². The van der Waals surface area contributed by atoms with Gasteiger partial charge in [0.15, 0.2) is 11.6 Å². The van der Waals surface area contributed by atoms with E-state index < -0.39 is 29.0 Å². The topological polar surface area (TPSA) is 94.8 Å². The molecule has 5 nitrogen and oxygen atoms in total. The van der Waals surface area contributed by atoms with Crippen LogP contribution in [0.5, 0.6) is 11.5 Å². The summed E-state index contributed by atoms with van der Waals surface area (Å²) in [6.07, 6.45) is 2.88. The SMILES string of the molecule is CCCCC1([C@@H](O)CC=C(C)C)C(=O)c2c(O)ccc(O)c2C(=O)C1C. The van der Waals surface area contributed by atoms with Crippen molar-refractivity contribution in [3.05, 3.63) is 34.9 Å². The molecular formula is C21H28O5. The number of carbonyl (C=O) groups is 2. The van der Waals surface area contributed by atoms with E-state index in [1.165, 1.54) is 12.1 Å². The lowest BCUT2D eigenvalue weighted by atomic mass is 9.58. The van der Waals surface area contributed by atoms with Crippen LogP contribution in [0.1, 0.15) is 74.1 Å². The number of hydrogen-bond donors (Lipinski definition) is 3. The van der Waals surface area contributed by atoms with E-state index in [9.17, 15) is 24.9 Å². The van der Waals surface area contributed by atoms with Crippen LogP contribution in [0, 0.1) is 11.3 Å². The smallest absolute Gasteiger partial charge is 0.176 e. The Morgan fingerprint density at radius 1 is 1.19 bits per heavy atom. The second-order valence-electron chi connectivity index (χ2n) is 7.45. The molecule has 1 aromatic rings. The van der Waals surface area contributed by atoms with Crippen LogP contribution in [-0.4, -0.2) is 33.0 Å². The summed E-state index contributed by atoms with van der Waals surface area (Å²) in [5.74, 6) is -2.32. The van der Waals surface area contributed by atoms with Crippen molar-refractivity contribution in [3.8, 4) is 11.5 Å². The zero-order chi connectivity index (χ0) is 19.6. The zero-order valence-electron chi connectivity index (χ0n) is 15.9. The van der Waals surface area contributed by atoms with Crippen molar-refractivity contribution in [1.82, 2.24) is 0 Å². The molecule has 0 amide bonds. The maximum absolute atomic E-state index is 13.5. The van der Waals surface area contributed by atoms with E-state index in [4.69, 9.17) is 0 Å². The molecule has 0 aromatic heterocycles. The minimum atomic E-state index is -1.31. The lowest BCUT2D eigenvalue weighted by molar-refractivity contribution is -0.00722. The highest BCUT2D eigenvalue weighted by Crippen LogP contribution is 2.50. The lowest BCUT2D eigenvalue weighted by Crippen LogP contribution is -2.53. The number of phenolic OH excluding ortho intramolecular Hbond substituents is 2. The highest BCUT2D eigenvalue weighted by molar-refractivity contribution is 6.20. The second kappa shape index (κ2) is 7.62. The fourth-order valence-corrected chi connectivity index (χ4v) is 3.90. The van der Waals surface area contributed by atoms with Crippen LogP contribution in [-0.2, 0) is 0 Å². The predicted molar refractivity (Wildman–Crippen MR) is 99.6 cm³/mol. The first-order valence-corrected chi connectivity index (χ1v) is 9.13. The summed E-state index contributed by atoms with van der Waals surface area (Å²) in [5, 5.41) is 31.3. The summed E-state index contributed by atoms with van der Waals surface area (Å²) in [5.41, 5.74) is -0.598. The Kier molecular flexibility index (Phi) is 5.91. The van der Waals surface area contributed by atoms with Crippen molar-refractivity contribution < 1.29 is 24.9 Å². The Hall–Kier alpha value is -2.14. The van der Waals surface area contributed by atoms with E-state index in [-0.39, 0.29) is 29.0 Å². The van der Waals surface area contributed by atoms with Gasteiger partial charge in [0.1, 0.15) is 11.5 Å². The van der Waals surface area contributed by atoms with Gasteiger partial charge in [-0.25, -0.2) is 0 Å². The number of aromatic hydroxyl groups is 2. The van der Waals surface area contributed by atoms with Gasteiger partial charge in [-0.05, 0) is 38.8 Å². The Morgan fingerprint density at radius 2 is 1.77 bits per heavy atom. The van der Waals surface area contributed by atoms with Crippen LogP contribution in [0.15, 0.2) is 23.8 Å². The molecule has 142 valence electrons. The molecule has 3 N–H and O–H groups in total. The van der Waals surface area contributed by atoms with Crippen molar-refractivity contribution in [2.45, 2.75) is 59.5 Å². The van der Waals surface area contributed by atoms with Crippen LogP contribution in [0.25, 0.3) is 0 Å². The maximum atomic E-state index is 13.5. The molecular weight excluding hydrogens is 332 g/mol. The molecule has 3 atom stereocenters. The summed E-state index contributed by atoms with van der Waals surface area (Å²) >= 11 is 0. The fraction of sp³-hybridized carbons (Fsp3) is 0.524. The van der Waals surface area contributed by atoms with Gasteiger partial charge in [0.25, 0.3) is 0 Å². The Bertz CT molecular complexity index is 745. The van der Waals surface area contributed by atoms with Gasteiger partial charge in [-0.3, -0.25) is 9.59 Å². The van der Waals surface area contributed by atoms with Crippen molar-refractivity contribution in [3.63, 3.8) is 0 Å². The summed E-state index contributed by atoms with van der Waals surface area (Å²) in [4.78, 5) is 26.5. The number of benzene rings is 1. The summed E-state index contributed by atoms with van der Waals surface area (Å²) < 4.78 is 0. The number of aliphatic hydroxyl groups excluding tert-OH is 1. The molecule has 0 aliphatic heterocycles. The standard InChI is InChI=1S/C21H28O5/c1-5-6-11-21(16(24)10-7-12(2)3)13(4)19(25)17-14(22)8-9-15(23)18(17)20(21)26/h7-9,13,16,22-24H,5-6,10-11H2,1-4H3/t13?,16-,21?/m0/s1. The van der Waals surface area contributed by atoms with Crippen LogP contribution in [0.3, 0.4) is 0 Å². The van der Waals surface area contributed by atoms with E-state index in [2.05, 4.69) is 0 Å². The van der Waals surface area contributed by atoms with E-state index in [0.717, 1.165) is 12.0 Å². The third-order valence-corrected chi connectivity index (χ3v) is 5.51. The maximum Gasteiger partial charge on any atom is 0.176 e. The molecule has 0 heterocycles. The van der Waals surface area contributed by atoms with Gasteiger partial charge < -0.3 is 15.3 Å². The van der Waals surface area contributed by atoms with Gasteiger partial charge in [-0.2, -0.15) is 0 Å². The summed E-state index contributed by atoms with van der Waals surface area (Å²) in [7, 11) is 0. The summed E-state index contributed by atoms with van der Waals surface area (Å²) in [6, 6.07) is 2.42. The van der Waals surface area contributed by atoms with Crippen LogP contribution >= 0.6 is 0 Å². The highest BCUT2D eigenvalue weighted by Gasteiger charge is 2.56. The number of hydrogen-bond acceptors (Lipinski definition) is 5. The van der Waals surface area contributed by atoms with Crippen LogP contribution in [0.4, 0.5) is 0 Å². The van der Waals surface area contributed by atoms with Crippen molar-refractivity contribution >= 4 is 11.6 Å². The number of allylic oxidation sites excluding steroid dienone is 1. The zero-order valence-corrected chi connectivity index (χ0v) is 15.9. The third kappa shape index (κ3) is 3.16. The molecule has 26 heavy (non-hydrogen) atoms. The van der Waals surface area contributed by atoms with Crippen LogP contribution < -0.4 is 0 Å². The third-order valence-electron chi connectivity index (χ3n) is 5.51. The van der Waals surface area contributed by atoms with Crippen molar-refractivity contribution in [2.75, 3.05) is 0 Å². The molecule has 1 aromatic carbocycles. The fourth-order valence-electron chi connectivity index (χ4n) is 3.90. The molecule has 1 aliphatic carbocycles. The first-order valence-electron chi connectivity index (χ1n) is 9.13. The van der Waals surface area contributed by atoms with E-state index in [0.29, 0.717) is 12.8 Å². The molecule has 0 spiro atoms. The van der Waals surface area contributed by atoms with Crippen LogP contribution in [0.2, 0.25) is 0 Å². The monoisotopic (exact) mass is 360 g/mol. The average molecular weight is 360 g/mol. The Labute approximate surface area is 154 Å². The number of phenols is 2. The molecule has 0 saturated carbocycles. The van der Waals surface area contributed by atoms with Gasteiger partial charge in [-0.15, -0.1) is 0 Å². The molecule has 5 heteroatoms. The number of ketones is 2. The number of unbranched alkanes of at least 4 members (excludes halogenated alkanes) is 1. The first-order chi connectivity index (χ1) is 12.2. The lowest BCUT2D eigenvalue weighted by Gasteiger charge is -2.44. The number of carbonyl (C=O) groups excluding carboxylic acids is 2. The van der Waals surface area contributed by atoms with Gasteiger partial charge in [0.2, 0.25) is 0 Å². The van der Waals surface area contributed by atoms with E-state index >= 15 is 0 Å². The number of Topliss-reactive ketones (excluding diaryl/α,β-unsaturated/α-hetero) is 2. The Morgan fingerprint density at radius 3 is 2.31 bits per heavy atom. The first kappa shape index (κ1) is 20.2. The molecule has 0 fully saturated rings. The molecule has 0 bridgehead atoms. The van der Waals surface area contributed by atoms with Crippen molar-refractivity contribution in [2.24, 2.45) is 11.3 Å². The summed E-state index contributed by atoms with van der Waals surface area (Å²) in [6.45, 7) is 7.42. The molecule has 2 unspecified atom stereocenters. The minimum Gasteiger partial charge on any atom is -0.507 e. The largest absolute Gasteiger partial charge is 0.507 e. The van der Waals surface area contributed by atoms with E-state index in [1.54, 1.807) is 6.92 Å². The van der Waals surface area contributed by atoms with Crippen molar-refractivity contribution in [1.29, 1.82) is 0 Å². The minimum absolute atomic E-state index is 0.135. The van der Waals surface area contributed by atoms with Gasteiger partial charge in [0, 0.05) is 5.92 Å². The molecule has 0 saturated heterocycles. The number of rotatable bonds is 6. The molecule has 1 aliphatic rings. The number of fused-ring (bicyclic) bond motifs is 1. The average Bonchev–Trinajstić information content (AvgIpc) is 2.60. The molecule has 0 radical (unpaired) electrons. The normalized spacial score (nSPS) is 23.5. The van der Waals surface area contributed by atoms with Gasteiger partial charge in [0.05, 0.1) is 22.6 Å². The highest BCUT2D eigenvalue weighted by atomic mass is 16.3. The molecule has 2 rings (SSSR count).